The van der Waals surface area contributed by atoms with Gasteiger partial charge in [0.2, 0.25) is 5.95 Å². The van der Waals surface area contributed by atoms with E-state index in [4.69, 9.17) is 0 Å². The minimum absolute atomic E-state index is 0.581. The van der Waals surface area contributed by atoms with Crippen LogP contribution in [0.3, 0.4) is 0 Å². The lowest BCUT2D eigenvalue weighted by atomic mass is 10.4. The van der Waals surface area contributed by atoms with Crippen LogP contribution >= 0.6 is 0 Å². The zero-order chi connectivity index (χ0) is 13.8. The highest BCUT2D eigenvalue weighted by molar-refractivity contribution is 5.83. The van der Waals surface area contributed by atoms with Gasteiger partial charge in [0.15, 0.2) is 11.5 Å². The molecule has 0 atom stereocenters. The van der Waals surface area contributed by atoms with Crippen LogP contribution in [0.1, 0.15) is 6.92 Å². The molecule has 3 rings (SSSR count). The molecule has 0 aliphatic carbocycles. The van der Waals surface area contributed by atoms with Gasteiger partial charge in [-0.15, -0.1) is 0 Å². The van der Waals surface area contributed by atoms with Crippen LogP contribution in [0.25, 0.3) is 11.2 Å². The van der Waals surface area contributed by atoms with Crippen LogP contribution in [0.4, 0.5) is 11.8 Å². The number of nitrogens with one attached hydrogen (secondary N) is 3. The molecule has 0 aliphatic heterocycles. The predicted octanol–water partition coefficient (Wildman–Crippen LogP) is 1.09. The second kappa shape index (κ2) is 5.55. The number of fused-ring (bicyclic) bond motifs is 1. The molecular formula is C12H16N8. The van der Waals surface area contributed by atoms with E-state index in [1.165, 1.54) is 0 Å². The standard InChI is InChI=1S/C12H16N8/c1-2-14-12-18-10(9-11(19-12)17-7-16-9)15-4-6-20-5-3-13-8-20/h3,5,7-8H,2,4,6H2,1H3,(H3,14,15,16,17,18,19). The van der Waals surface area contributed by atoms with Crippen molar-refractivity contribution in [1.82, 2.24) is 29.5 Å². The molecule has 20 heavy (non-hydrogen) atoms. The Morgan fingerprint density at radius 3 is 3.05 bits per heavy atom. The number of aromatic nitrogens is 6. The summed E-state index contributed by atoms with van der Waals surface area (Å²) in [7, 11) is 0. The van der Waals surface area contributed by atoms with E-state index in [9.17, 15) is 0 Å². The predicted molar refractivity (Wildman–Crippen MR) is 76.6 cm³/mol. The Morgan fingerprint density at radius 2 is 2.25 bits per heavy atom. The fourth-order valence-electron chi connectivity index (χ4n) is 1.92. The van der Waals surface area contributed by atoms with E-state index < -0.39 is 0 Å². The van der Waals surface area contributed by atoms with Crippen LogP contribution in [-0.4, -0.2) is 42.6 Å². The Hall–Kier alpha value is -2.64. The second-order valence-corrected chi connectivity index (χ2v) is 4.25. The molecule has 8 heteroatoms. The van der Waals surface area contributed by atoms with Crippen molar-refractivity contribution >= 4 is 22.9 Å². The monoisotopic (exact) mass is 272 g/mol. The smallest absolute Gasteiger partial charge is 0.226 e. The molecule has 3 aromatic rings. The van der Waals surface area contributed by atoms with E-state index in [-0.39, 0.29) is 0 Å². The van der Waals surface area contributed by atoms with Crippen LogP contribution in [0.5, 0.6) is 0 Å². The number of nitrogens with zero attached hydrogens (tertiary/aromatic N) is 5. The summed E-state index contributed by atoms with van der Waals surface area (Å²) >= 11 is 0. The summed E-state index contributed by atoms with van der Waals surface area (Å²) < 4.78 is 2.00. The Morgan fingerprint density at radius 1 is 1.30 bits per heavy atom. The molecule has 8 nitrogen and oxygen atoms in total. The highest BCUT2D eigenvalue weighted by Gasteiger charge is 2.08. The lowest BCUT2D eigenvalue weighted by Crippen LogP contribution is -2.12. The van der Waals surface area contributed by atoms with Gasteiger partial charge >= 0.3 is 0 Å². The third-order valence-electron chi connectivity index (χ3n) is 2.84. The lowest BCUT2D eigenvalue weighted by Gasteiger charge is -2.09. The number of rotatable bonds is 6. The van der Waals surface area contributed by atoms with Gasteiger partial charge in [0.05, 0.1) is 12.7 Å². The zero-order valence-electron chi connectivity index (χ0n) is 11.2. The second-order valence-electron chi connectivity index (χ2n) is 4.25. The minimum Gasteiger partial charge on any atom is -0.366 e. The third-order valence-corrected chi connectivity index (χ3v) is 2.84. The molecule has 0 unspecified atom stereocenters. The molecule has 0 fully saturated rings. The fraction of sp³-hybridized carbons (Fsp3) is 0.333. The van der Waals surface area contributed by atoms with Gasteiger partial charge in [0.25, 0.3) is 0 Å². The van der Waals surface area contributed by atoms with Crippen LogP contribution in [0.15, 0.2) is 25.0 Å². The zero-order valence-corrected chi connectivity index (χ0v) is 11.2. The van der Waals surface area contributed by atoms with Gasteiger partial charge < -0.3 is 20.2 Å². The summed E-state index contributed by atoms with van der Waals surface area (Å²) in [4.78, 5) is 20.0. The molecule has 0 amide bonds. The third kappa shape index (κ3) is 2.53. The van der Waals surface area contributed by atoms with Crippen molar-refractivity contribution in [2.24, 2.45) is 0 Å². The number of imidazole rings is 2. The van der Waals surface area contributed by atoms with E-state index >= 15 is 0 Å². The van der Waals surface area contributed by atoms with E-state index in [1.807, 2.05) is 17.7 Å². The number of H-pyrrole nitrogens is 1. The van der Waals surface area contributed by atoms with E-state index in [2.05, 4.69) is 35.6 Å². The number of hydrogen-bond acceptors (Lipinski definition) is 6. The molecule has 0 aliphatic rings. The Kier molecular flexibility index (Phi) is 3.44. The summed E-state index contributed by atoms with van der Waals surface area (Å²) in [5, 5.41) is 6.40. The molecule has 0 saturated heterocycles. The topological polar surface area (TPSA) is 96.3 Å². The Bertz CT molecular complexity index is 672. The Labute approximate surface area is 115 Å². The highest BCUT2D eigenvalue weighted by Crippen LogP contribution is 2.18. The van der Waals surface area contributed by atoms with Crippen molar-refractivity contribution in [2.75, 3.05) is 23.7 Å². The van der Waals surface area contributed by atoms with E-state index in [0.29, 0.717) is 11.6 Å². The molecule has 3 aromatic heterocycles. The quantitative estimate of drug-likeness (QED) is 0.621. The largest absolute Gasteiger partial charge is 0.366 e. The molecule has 0 radical (unpaired) electrons. The summed E-state index contributed by atoms with van der Waals surface area (Å²) in [6, 6.07) is 0. The van der Waals surface area contributed by atoms with Gasteiger partial charge in [0.1, 0.15) is 5.52 Å². The van der Waals surface area contributed by atoms with Crippen molar-refractivity contribution in [1.29, 1.82) is 0 Å². The van der Waals surface area contributed by atoms with E-state index in [0.717, 1.165) is 31.0 Å². The van der Waals surface area contributed by atoms with Gasteiger partial charge in [-0.2, -0.15) is 9.97 Å². The SMILES string of the molecule is CCNc1nc(NCCn2ccnc2)c2[nH]cnc2n1. The average Bonchev–Trinajstić information content (AvgIpc) is 3.09. The van der Waals surface area contributed by atoms with Gasteiger partial charge in [-0.05, 0) is 6.92 Å². The molecule has 0 bridgehead atoms. The van der Waals surface area contributed by atoms with Gasteiger partial charge in [0, 0.05) is 32.0 Å². The normalized spacial score (nSPS) is 10.8. The highest BCUT2D eigenvalue weighted by atomic mass is 15.2. The molecule has 3 heterocycles. The molecule has 0 saturated carbocycles. The fourth-order valence-corrected chi connectivity index (χ4v) is 1.92. The summed E-state index contributed by atoms with van der Waals surface area (Å²) in [6.45, 7) is 4.33. The maximum Gasteiger partial charge on any atom is 0.226 e. The van der Waals surface area contributed by atoms with Crippen molar-refractivity contribution in [3.63, 3.8) is 0 Å². The van der Waals surface area contributed by atoms with Crippen LogP contribution in [0.2, 0.25) is 0 Å². The maximum atomic E-state index is 4.45. The van der Waals surface area contributed by atoms with Crippen LogP contribution in [0, 0.1) is 0 Å². The molecule has 0 aromatic carbocycles. The van der Waals surface area contributed by atoms with Crippen LogP contribution < -0.4 is 10.6 Å². The van der Waals surface area contributed by atoms with Crippen LogP contribution in [-0.2, 0) is 6.54 Å². The average molecular weight is 272 g/mol. The van der Waals surface area contributed by atoms with E-state index in [1.54, 1.807) is 18.9 Å². The lowest BCUT2D eigenvalue weighted by molar-refractivity contribution is 0.725. The van der Waals surface area contributed by atoms with Crippen molar-refractivity contribution in [2.45, 2.75) is 13.5 Å². The maximum absolute atomic E-state index is 4.45. The first-order chi connectivity index (χ1) is 9.86. The van der Waals surface area contributed by atoms with Crippen molar-refractivity contribution in [3.05, 3.63) is 25.0 Å². The van der Waals surface area contributed by atoms with Crippen molar-refractivity contribution in [3.8, 4) is 0 Å². The van der Waals surface area contributed by atoms with Gasteiger partial charge in [-0.25, -0.2) is 9.97 Å². The molecule has 104 valence electrons. The first kappa shape index (κ1) is 12.4. The summed E-state index contributed by atoms with van der Waals surface area (Å²) in [5.74, 6) is 1.33. The first-order valence-corrected chi connectivity index (χ1v) is 6.51. The molecular weight excluding hydrogens is 256 g/mol. The van der Waals surface area contributed by atoms with Gasteiger partial charge in [-0.1, -0.05) is 0 Å². The minimum atomic E-state index is 0.581. The summed E-state index contributed by atoms with van der Waals surface area (Å²) in [5.41, 5.74) is 1.47. The molecule has 0 spiro atoms. The van der Waals surface area contributed by atoms with Crippen molar-refractivity contribution < 1.29 is 0 Å². The number of anilines is 2. The molecule has 3 N–H and O–H groups in total. The summed E-state index contributed by atoms with van der Waals surface area (Å²) in [6.07, 6.45) is 7.10. The number of aromatic amines is 1. The number of hydrogen-bond donors (Lipinski definition) is 3. The van der Waals surface area contributed by atoms with Gasteiger partial charge in [-0.3, -0.25) is 0 Å². The first-order valence-electron chi connectivity index (χ1n) is 6.51. The Balaban J connectivity index is 1.76.